The van der Waals surface area contributed by atoms with Crippen LogP contribution in [0.3, 0.4) is 0 Å². The normalized spacial score (nSPS) is 10.5. The summed E-state index contributed by atoms with van der Waals surface area (Å²) in [5, 5.41) is 9.21. The van der Waals surface area contributed by atoms with E-state index in [1.807, 2.05) is 25.1 Å². The van der Waals surface area contributed by atoms with Gasteiger partial charge in [0.1, 0.15) is 5.01 Å². The first kappa shape index (κ1) is 9.90. The van der Waals surface area contributed by atoms with Crippen molar-refractivity contribution in [2.75, 3.05) is 0 Å². The molecule has 0 amide bonds. The Balaban J connectivity index is 2.55. The highest BCUT2D eigenvalue weighted by Gasteiger charge is 2.08. The summed E-state index contributed by atoms with van der Waals surface area (Å²) in [6.45, 7) is 2.00. The molecule has 1 heterocycles. The van der Waals surface area contributed by atoms with Crippen molar-refractivity contribution in [2.45, 2.75) is 6.92 Å². The van der Waals surface area contributed by atoms with Crippen LogP contribution in [0, 0.1) is 6.92 Å². The molecule has 0 unspecified atom stereocenters. The maximum absolute atomic E-state index is 5.90. The Hall–Kier alpha value is -0.640. The standard InChI is InChI=1S/C9H6Cl2N2S/c1-5-2-3-6(10)4-7(5)8-12-13-9(11)14-8/h2-4H,1H3. The van der Waals surface area contributed by atoms with Gasteiger partial charge in [-0.15, -0.1) is 10.2 Å². The lowest BCUT2D eigenvalue weighted by atomic mass is 10.1. The Bertz CT molecular complexity index is 468. The molecular formula is C9H6Cl2N2S. The topological polar surface area (TPSA) is 25.8 Å². The van der Waals surface area contributed by atoms with Gasteiger partial charge in [-0.3, -0.25) is 0 Å². The minimum Gasteiger partial charge on any atom is -0.137 e. The van der Waals surface area contributed by atoms with E-state index in [4.69, 9.17) is 23.2 Å². The van der Waals surface area contributed by atoms with Gasteiger partial charge in [-0.2, -0.15) is 0 Å². The molecule has 1 aromatic carbocycles. The highest BCUT2D eigenvalue weighted by Crippen LogP contribution is 2.30. The van der Waals surface area contributed by atoms with Gasteiger partial charge in [0.05, 0.1) is 0 Å². The van der Waals surface area contributed by atoms with Gasteiger partial charge in [0, 0.05) is 10.6 Å². The van der Waals surface area contributed by atoms with Crippen molar-refractivity contribution < 1.29 is 0 Å². The SMILES string of the molecule is Cc1ccc(Cl)cc1-c1nnc(Cl)s1. The first-order valence-corrected chi connectivity index (χ1v) is 5.49. The predicted octanol–water partition coefficient (Wildman–Crippen LogP) is 3.82. The second-order valence-corrected chi connectivity index (χ2v) is 4.82. The van der Waals surface area contributed by atoms with Crippen molar-refractivity contribution in [3.63, 3.8) is 0 Å². The summed E-state index contributed by atoms with van der Waals surface area (Å²) in [5.41, 5.74) is 2.10. The number of aryl methyl sites for hydroxylation is 1. The molecule has 0 aliphatic rings. The Labute approximate surface area is 95.5 Å². The molecule has 0 radical (unpaired) electrons. The third kappa shape index (κ3) is 1.90. The molecule has 0 atom stereocenters. The van der Waals surface area contributed by atoms with E-state index < -0.39 is 0 Å². The van der Waals surface area contributed by atoms with Gasteiger partial charge in [-0.1, -0.05) is 29.0 Å². The monoisotopic (exact) mass is 244 g/mol. The van der Waals surface area contributed by atoms with Gasteiger partial charge in [0.2, 0.25) is 4.47 Å². The fourth-order valence-corrected chi connectivity index (χ4v) is 2.22. The fraction of sp³-hybridized carbons (Fsp3) is 0.111. The minimum atomic E-state index is 0.444. The molecule has 0 spiro atoms. The zero-order chi connectivity index (χ0) is 10.1. The molecule has 0 aliphatic heterocycles. The lowest BCUT2D eigenvalue weighted by molar-refractivity contribution is 1.09. The molecule has 0 saturated heterocycles. The Morgan fingerprint density at radius 1 is 1.21 bits per heavy atom. The predicted molar refractivity (Wildman–Crippen MR) is 60.1 cm³/mol. The van der Waals surface area contributed by atoms with E-state index in [1.54, 1.807) is 0 Å². The molecule has 14 heavy (non-hydrogen) atoms. The summed E-state index contributed by atoms with van der Waals surface area (Å²) in [5.74, 6) is 0. The Morgan fingerprint density at radius 3 is 2.64 bits per heavy atom. The van der Waals surface area contributed by atoms with Crippen LogP contribution in [0.1, 0.15) is 5.56 Å². The number of halogens is 2. The van der Waals surface area contributed by atoms with E-state index in [9.17, 15) is 0 Å². The van der Waals surface area contributed by atoms with Gasteiger partial charge in [0.15, 0.2) is 0 Å². The van der Waals surface area contributed by atoms with E-state index >= 15 is 0 Å². The fourth-order valence-electron chi connectivity index (χ4n) is 1.14. The second-order valence-electron chi connectivity index (χ2n) is 2.82. The summed E-state index contributed by atoms with van der Waals surface area (Å²) in [7, 11) is 0. The molecule has 0 fully saturated rings. The molecule has 0 N–H and O–H groups in total. The van der Waals surface area contributed by atoms with Gasteiger partial charge < -0.3 is 0 Å². The van der Waals surface area contributed by atoms with E-state index in [0.29, 0.717) is 9.49 Å². The summed E-state index contributed by atoms with van der Waals surface area (Å²) in [6, 6.07) is 5.67. The molecule has 5 heteroatoms. The van der Waals surface area contributed by atoms with Crippen molar-refractivity contribution in [1.82, 2.24) is 10.2 Å². The van der Waals surface area contributed by atoms with Gasteiger partial charge >= 0.3 is 0 Å². The summed E-state index contributed by atoms with van der Waals surface area (Å²) in [6.07, 6.45) is 0. The first-order valence-electron chi connectivity index (χ1n) is 3.92. The highest BCUT2D eigenvalue weighted by molar-refractivity contribution is 7.18. The first-order chi connectivity index (χ1) is 6.66. The number of hydrogen-bond acceptors (Lipinski definition) is 3. The van der Waals surface area contributed by atoms with Crippen molar-refractivity contribution in [3.05, 3.63) is 33.3 Å². The van der Waals surface area contributed by atoms with Gasteiger partial charge in [-0.25, -0.2) is 0 Å². The molecule has 0 saturated carbocycles. The zero-order valence-corrected chi connectivity index (χ0v) is 9.62. The van der Waals surface area contributed by atoms with E-state index in [1.165, 1.54) is 11.3 Å². The molecule has 1 aromatic heterocycles. The largest absolute Gasteiger partial charge is 0.207 e. The molecule has 2 nitrogen and oxygen atoms in total. The highest BCUT2D eigenvalue weighted by atomic mass is 35.5. The maximum Gasteiger partial charge on any atom is 0.207 e. The van der Waals surface area contributed by atoms with Crippen molar-refractivity contribution in [3.8, 4) is 10.6 Å². The van der Waals surface area contributed by atoms with Crippen LogP contribution in [0.15, 0.2) is 18.2 Å². The molecular weight excluding hydrogens is 239 g/mol. The molecule has 2 rings (SSSR count). The summed E-state index contributed by atoms with van der Waals surface area (Å²) < 4.78 is 0.444. The van der Waals surface area contributed by atoms with E-state index in [-0.39, 0.29) is 0 Å². The Morgan fingerprint density at radius 2 is 2.00 bits per heavy atom. The molecule has 2 aromatic rings. The number of hydrogen-bond donors (Lipinski definition) is 0. The average Bonchev–Trinajstić information content (AvgIpc) is 2.56. The van der Waals surface area contributed by atoms with Crippen molar-refractivity contribution in [2.24, 2.45) is 0 Å². The zero-order valence-electron chi connectivity index (χ0n) is 7.29. The van der Waals surface area contributed by atoms with Crippen LogP contribution < -0.4 is 0 Å². The molecule has 0 bridgehead atoms. The van der Waals surface area contributed by atoms with Crippen molar-refractivity contribution in [1.29, 1.82) is 0 Å². The Kier molecular flexibility index (Phi) is 2.72. The average molecular weight is 245 g/mol. The van der Waals surface area contributed by atoms with Crippen LogP contribution in [0.5, 0.6) is 0 Å². The lowest BCUT2D eigenvalue weighted by Gasteiger charge is -2.00. The number of nitrogens with zero attached hydrogens (tertiary/aromatic N) is 2. The van der Waals surface area contributed by atoms with Crippen LogP contribution in [0.25, 0.3) is 10.6 Å². The van der Waals surface area contributed by atoms with E-state index in [2.05, 4.69) is 10.2 Å². The maximum atomic E-state index is 5.90. The van der Waals surface area contributed by atoms with Crippen LogP contribution in [0.2, 0.25) is 9.49 Å². The smallest absolute Gasteiger partial charge is 0.137 e. The lowest BCUT2D eigenvalue weighted by Crippen LogP contribution is -1.82. The molecule has 0 aliphatic carbocycles. The van der Waals surface area contributed by atoms with Gasteiger partial charge in [-0.05, 0) is 36.2 Å². The van der Waals surface area contributed by atoms with Crippen LogP contribution in [0.4, 0.5) is 0 Å². The number of benzene rings is 1. The quantitative estimate of drug-likeness (QED) is 0.763. The number of aromatic nitrogens is 2. The number of rotatable bonds is 1. The summed E-state index contributed by atoms with van der Waals surface area (Å²) in [4.78, 5) is 0. The second kappa shape index (κ2) is 3.85. The third-order valence-electron chi connectivity index (χ3n) is 1.83. The molecule has 72 valence electrons. The third-order valence-corrected chi connectivity index (χ3v) is 3.12. The van der Waals surface area contributed by atoms with Crippen LogP contribution in [-0.4, -0.2) is 10.2 Å². The van der Waals surface area contributed by atoms with Crippen molar-refractivity contribution >= 4 is 34.5 Å². The van der Waals surface area contributed by atoms with E-state index in [0.717, 1.165) is 16.1 Å². The van der Waals surface area contributed by atoms with Crippen LogP contribution >= 0.6 is 34.5 Å². The van der Waals surface area contributed by atoms with Crippen LogP contribution in [-0.2, 0) is 0 Å². The minimum absolute atomic E-state index is 0.444. The summed E-state index contributed by atoms with van der Waals surface area (Å²) >= 11 is 13.0. The van der Waals surface area contributed by atoms with Gasteiger partial charge in [0.25, 0.3) is 0 Å².